The van der Waals surface area contributed by atoms with E-state index in [-0.39, 0.29) is 50.8 Å². The Bertz CT molecular complexity index is 1490. The topological polar surface area (TPSA) is 131 Å². The first kappa shape index (κ1) is 32.7. The summed E-state index contributed by atoms with van der Waals surface area (Å²) in [4.78, 5) is 33.0. The third-order valence-electron chi connectivity index (χ3n) is 10.7. The molecule has 1 aromatic rings. The quantitative estimate of drug-likeness (QED) is 0.292. The number of fused-ring (bicyclic) bond motifs is 3. The molecule has 5 rings (SSSR count). The second-order valence-electron chi connectivity index (χ2n) is 14.8. The molecule has 0 saturated carbocycles. The van der Waals surface area contributed by atoms with Gasteiger partial charge in [0.2, 0.25) is 0 Å². The van der Waals surface area contributed by atoms with Crippen molar-refractivity contribution in [2.24, 2.45) is 28.9 Å². The molecule has 0 bridgehead atoms. The first-order valence-electron chi connectivity index (χ1n) is 15.5. The number of likely N-dealkylation sites (tertiary alicyclic amines) is 1. The number of carbonyl (C=O) groups is 2. The van der Waals surface area contributed by atoms with Crippen LogP contribution in [0.5, 0.6) is 5.75 Å². The van der Waals surface area contributed by atoms with Crippen LogP contribution in [0.3, 0.4) is 0 Å². The first-order valence-corrected chi connectivity index (χ1v) is 16.1. The summed E-state index contributed by atoms with van der Waals surface area (Å²) in [6, 6.07) is 1.08. The van der Waals surface area contributed by atoms with E-state index < -0.39 is 28.8 Å². The number of benzene rings is 1. The predicted molar refractivity (Wildman–Crippen MR) is 180 cm³/mol. The monoisotopic (exact) mass is 622 g/mol. The molecule has 9 nitrogen and oxygen atoms in total. The van der Waals surface area contributed by atoms with Crippen LogP contribution < -0.4 is 10.6 Å². The molecule has 1 aromatic carbocycles. The van der Waals surface area contributed by atoms with Gasteiger partial charge < -0.3 is 0 Å². The van der Waals surface area contributed by atoms with Gasteiger partial charge in [-0.3, -0.25) is 0 Å². The normalized spacial score (nSPS) is 28.2. The molecule has 5 N–H and O–H groups in total. The number of nitrogens with zero attached hydrogens (tertiary/aromatic N) is 3. The predicted octanol–water partition coefficient (Wildman–Crippen LogP) is 2.83. The average molecular weight is 623 g/mol. The van der Waals surface area contributed by atoms with E-state index in [0.717, 1.165) is 42.7 Å². The van der Waals surface area contributed by atoms with E-state index in [2.05, 4.69) is 42.4 Å². The van der Waals surface area contributed by atoms with Gasteiger partial charge in [-0.25, -0.2) is 0 Å². The van der Waals surface area contributed by atoms with Crippen molar-refractivity contribution in [2.45, 2.75) is 64.2 Å². The SMILES string of the molecule is B=C1C(C(N)=O)=C(O)[C@@H](N(C)C)[C@@H]2C[C@@H]3Cc4c(c(O)cc(CN5CCC(C(C)(C)C)CC5)c4N(C)C)C(=O)C3=C(O)[C@]12P. The van der Waals surface area contributed by atoms with E-state index in [1.807, 2.05) is 23.9 Å². The molecule has 1 amide bonds. The van der Waals surface area contributed by atoms with E-state index in [1.54, 1.807) is 20.2 Å². The number of likely N-dealkylation sites (N-methyl/N-ethyl adjacent to an activating group) is 1. The summed E-state index contributed by atoms with van der Waals surface area (Å²) >= 11 is 0. The number of ketones is 1. The van der Waals surface area contributed by atoms with Crippen LogP contribution in [0.1, 0.15) is 61.5 Å². The van der Waals surface area contributed by atoms with Crippen LogP contribution in [0.2, 0.25) is 0 Å². The molecule has 0 radical (unpaired) electrons. The minimum atomic E-state index is -1.29. The van der Waals surface area contributed by atoms with Crippen molar-refractivity contribution in [3.63, 3.8) is 0 Å². The van der Waals surface area contributed by atoms with E-state index in [1.165, 1.54) is 0 Å². The van der Waals surface area contributed by atoms with E-state index >= 15 is 0 Å². The number of rotatable bonds is 5. The Morgan fingerprint density at radius 1 is 1.16 bits per heavy atom. The second kappa shape index (κ2) is 11.3. The van der Waals surface area contributed by atoms with Crippen molar-refractivity contribution >= 4 is 39.6 Å². The standard InChI is InChI=1S/C33H48BN4O5P/c1-32(2,3)18-8-10-38(11-9-18)15-17-14-21(39)23-19(25(17)36(4)5)12-16-13-20-26(37(6)7)28(41)24(31(35)43)29(34)33(20,44)30(42)22(16)27(23)40/h14,16,18,20,26,34,39,41-42H,8-13,15,44H2,1-7H3,(H2,35,43)/t16-,20-,26-,33+/m0/s1. The molecular weight excluding hydrogens is 574 g/mol. The van der Waals surface area contributed by atoms with Gasteiger partial charge >= 0.3 is 220 Å². The summed E-state index contributed by atoms with van der Waals surface area (Å²) < 4.78 is 0. The first-order chi connectivity index (χ1) is 20.4. The van der Waals surface area contributed by atoms with Crippen LogP contribution in [0, 0.1) is 23.2 Å². The molecule has 238 valence electrons. The second-order valence-corrected chi connectivity index (χ2v) is 15.7. The molecule has 3 aliphatic carbocycles. The summed E-state index contributed by atoms with van der Waals surface area (Å²) in [5.74, 6) is -1.81. The average Bonchev–Trinajstić information content (AvgIpc) is 2.89. The summed E-state index contributed by atoms with van der Waals surface area (Å²) in [5.41, 5.74) is 9.13. The zero-order chi connectivity index (χ0) is 32.6. The van der Waals surface area contributed by atoms with E-state index in [9.17, 15) is 24.9 Å². The van der Waals surface area contributed by atoms with Crippen LogP contribution in [-0.4, -0.2) is 102 Å². The number of hydrogen-bond donors (Lipinski definition) is 4. The van der Waals surface area contributed by atoms with Crippen LogP contribution in [0.15, 0.2) is 28.7 Å². The Kier molecular flexibility index (Phi) is 8.39. The number of phenols is 1. The Morgan fingerprint density at radius 3 is 2.30 bits per heavy atom. The number of amides is 1. The number of allylic oxidation sites excluding steroid dienone is 2. The van der Waals surface area contributed by atoms with Crippen LogP contribution in [0.4, 0.5) is 5.69 Å². The number of aromatic hydroxyl groups is 1. The molecule has 1 fully saturated rings. The molecule has 5 atom stereocenters. The number of anilines is 1. The van der Waals surface area contributed by atoms with Gasteiger partial charge in [0.15, 0.2) is 0 Å². The third-order valence-corrected chi connectivity index (χ3v) is 11.8. The Morgan fingerprint density at radius 2 is 1.77 bits per heavy atom. The number of piperidine rings is 1. The number of hydrogen-bond acceptors (Lipinski definition) is 8. The molecule has 0 aromatic heterocycles. The summed E-state index contributed by atoms with van der Waals surface area (Å²) in [5, 5.41) is 33.3. The number of Topliss-reactive ketones (excluding diaryl/α,β-unsaturated/α-hetero) is 1. The molecule has 1 heterocycles. The van der Waals surface area contributed by atoms with Crippen molar-refractivity contribution in [3.8, 4) is 5.75 Å². The fourth-order valence-electron chi connectivity index (χ4n) is 8.49. The number of nitrogens with two attached hydrogens (primary N) is 1. The number of aliphatic hydroxyl groups excluding tert-OH is 2. The molecule has 1 unspecified atom stereocenters. The molecule has 44 heavy (non-hydrogen) atoms. The van der Waals surface area contributed by atoms with Gasteiger partial charge in [-0.1, -0.05) is 20.8 Å². The Hall–Kier alpha value is -2.68. The number of carbonyl (C=O) groups excluding carboxylic acids is 2. The molecule has 1 saturated heterocycles. The number of phenolic OH excluding ortho intramolecular Hbond substituents is 1. The fraction of sp³-hybridized carbons (Fsp3) is 0.606. The number of aliphatic hydroxyl groups is 2. The van der Waals surface area contributed by atoms with Gasteiger partial charge in [0, 0.05) is 0 Å². The third kappa shape index (κ3) is 5.01. The van der Waals surface area contributed by atoms with Gasteiger partial charge in [0.25, 0.3) is 0 Å². The van der Waals surface area contributed by atoms with Gasteiger partial charge in [-0.2, -0.15) is 0 Å². The minimum absolute atomic E-state index is 0.0853. The molecule has 1 aliphatic heterocycles. The van der Waals surface area contributed by atoms with Crippen molar-refractivity contribution in [2.75, 3.05) is 46.2 Å². The summed E-state index contributed by atoms with van der Waals surface area (Å²) in [6.45, 7) is 9.55. The van der Waals surface area contributed by atoms with Crippen LogP contribution in [0.25, 0.3) is 0 Å². The van der Waals surface area contributed by atoms with Crippen molar-refractivity contribution in [1.82, 2.24) is 9.80 Å². The van der Waals surface area contributed by atoms with Crippen molar-refractivity contribution in [3.05, 3.63) is 45.4 Å². The van der Waals surface area contributed by atoms with Gasteiger partial charge in [-0.15, -0.1) is 0 Å². The van der Waals surface area contributed by atoms with Crippen molar-refractivity contribution < 1.29 is 24.9 Å². The maximum atomic E-state index is 14.3. The van der Waals surface area contributed by atoms with Crippen molar-refractivity contribution in [1.29, 1.82) is 0 Å². The summed E-state index contributed by atoms with van der Waals surface area (Å²) in [7, 11) is 14.2. The van der Waals surface area contributed by atoms with Gasteiger partial charge in [0.05, 0.1) is 0 Å². The van der Waals surface area contributed by atoms with E-state index in [4.69, 9.17) is 5.73 Å². The molecule has 0 spiro atoms. The zero-order valence-electron chi connectivity index (χ0n) is 27.2. The molecule has 4 aliphatic rings. The Labute approximate surface area is 264 Å². The molecular formula is C33H48BN4O5P. The van der Waals surface area contributed by atoms with E-state index in [0.29, 0.717) is 25.3 Å². The van der Waals surface area contributed by atoms with Gasteiger partial charge in [0.1, 0.15) is 0 Å². The van der Waals surface area contributed by atoms with Crippen LogP contribution in [-0.2, 0) is 17.8 Å². The zero-order valence-corrected chi connectivity index (χ0v) is 28.4. The van der Waals surface area contributed by atoms with Gasteiger partial charge in [-0.05, 0) is 24.2 Å². The summed E-state index contributed by atoms with van der Waals surface area (Å²) in [6.07, 6.45) is 3.14. The molecule has 11 heteroatoms. The van der Waals surface area contributed by atoms with Crippen LogP contribution >= 0.6 is 9.24 Å². The Balaban J connectivity index is 1.58. The maximum absolute atomic E-state index is 14.3. The fourth-order valence-corrected chi connectivity index (χ4v) is 9.10. The number of primary amides is 1.